The molecule has 1 aromatic rings. The summed E-state index contributed by atoms with van der Waals surface area (Å²) in [4.78, 5) is 24.5. The molecule has 0 unspecified atom stereocenters. The minimum absolute atomic E-state index is 0.00535. The van der Waals surface area contributed by atoms with E-state index in [2.05, 4.69) is 0 Å². The Morgan fingerprint density at radius 2 is 1.95 bits per heavy atom. The first-order valence-corrected chi connectivity index (χ1v) is 6.01. The van der Waals surface area contributed by atoms with Crippen molar-refractivity contribution in [1.82, 2.24) is 4.90 Å². The number of amides is 1. The van der Waals surface area contributed by atoms with Crippen LogP contribution in [0.1, 0.15) is 18.5 Å². The molecule has 1 heterocycles. The molecule has 106 valence electrons. The van der Waals surface area contributed by atoms with Crippen molar-refractivity contribution >= 4 is 11.7 Å². The third kappa shape index (κ3) is 2.14. The van der Waals surface area contributed by atoms with Gasteiger partial charge in [-0.1, -0.05) is 12.1 Å². The first kappa shape index (κ1) is 14.1. The van der Waals surface area contributed by atoms with Crippen LogP contribution >= 0.6 is 0 Å². The number of carbonyl (C=O) groups is 2. The van der Waals surface area contributed by atoms with E-state index in [1.54, 1.807) is 24.3 Å². The fourth-order valence-electron chi connectivity index (χ4n) is 2.29. The molecule has 0 spiro atoms. The predicted octanol–water partition coefficient (Wildman–Crippen LogP) is 0.929. The first-order valence-electron chi connectivity index (χ1n) is 6.01. The van der Waals surface area contributed by atoms with Crippen LogP contribution in [-0.4, -0.2) is 40.6 Å². The van der Waals surface area contributed by atoms with Gasteiger partial charge >= 0.3 is 0 Å². The van der Waals surface area contributed by atoms with Crippen LogP contribution in [0.4, 0.5) is 0 Å². The number of carbonyl (C=O) groups excluding carboxylic acids is 2. The van der Waals surface area contributed by atoms with Crippen molar-refractivity contribution < 1.29 is 24.5 Å². The molecule has 1 amide bonds. The van der Waals surface area contributed by atoms with E-state index >= 15 is 0 Å². The molecule has 0 radical (unpaired) electrons. The van der Waals surface area contributed by atoms with E-state index in [9.17, 15) is 19.8 Å². The minimum Gasteiger partial charge on any atom is -0.503 e. The second kappa shape index (κ2) is 5.34. The fourth-order valence-corrected chi connectivity index (χ4v) is 2.29. The number of hydrogen-bond donors (Lipinski definition) is 2. The van der Waals surface area contributed by atoms with E-state index in [0.717, 1.165) is 4.90 Å². The molecule has 0 bridgehead atoms. The second-order valence-electron chi connectivity index (χ2n) is 4.41. The van der Waals surface area contributed by atoms with E-state index in [-0.39, 0.29) is 5.57 Å². The van der Waals surface area contributed by atoms with E-state index < -0.39 is 30.2 Å². The van der Waals surface area contributed by atoms with Crippen molar-refractivity contribution in [3.63, 3.8) is 0 Å². The quantitative estimate of drug-likeness (QED) is 0.855. The van der Waals surface area contributed by atoms with Crippen LogP contribution in [0.5, 0.6) is 5.75 Å². The smallest absolute Gasteiger partial charge is 0.291 e. The van der Waals surface area contributed by atoms with Crippen molar-refractivity contribution in [3.8, 4) is 5.75 Å². The van der Waals surface area contributed by atoms with Crippen molar-refractivity contribution in [2.75, 3.05) is 13.8 Å². The Balaban J connectivity index is 2.49. The van der Waals surface area contributed by atoms with Crippen LogP contribution < -0.4 is 4.74 Å². The van der Waals surface area contributed by atoms with E-state index in [1.807, 2.05) is 0 Å². The van der Waals surface area contributed by atoms with Crippen LogP contribution in [-0.2, 0) is 9.59 Å². The molecule has 2 rings (SSSR count). The highest BCUT2D eigenvalue weighted by Crippen LogP contribution is 2.37. The molecule has 1 aliphatic heterocycles. The molecular formula is C14H15NO5. The van der Waals surface area contributed by atoms with E-state index in [0.29, 0.717) is 11.3 Å². The van der Waals surface area contributed by atoms with Gasteiger partial charge in [0.25, 0.3) is 5.91 Å². The zero-order valence-electron chi connectivity index (χ0n) is 11.2. The summed E-state index contributed by atoms with van der Waals surface area (Å²) in [6.07, 6.45) is 0. The molecule has 1 aromatic carbocycles. The van der Waals surface area contributed by atoms with Crippen molar-refractivity contribution in [2.45, 2.75) is 13.0 Å². The molecular weight excluding hydrogens is 262 g/mol. The average Bonchev–Trinajstić information content (AvgIpc) is 2.71. The number of Topliss-reactive ketones (excluding diaryl/α,β-unsaturated/α-hetero) is 1. The maximum Gasteiger partial charge on any atom is 0.291 e. The molecule has 6 heteroatoms. The van der Waals surface area contributed by atoms with Crippen LogP contribution in [0.3, 0.4) is 0 Å². The summed E-state index contributed by atoms with van der Waals surface area (Å²) in [7, 11) is 1.53. The Kier molecular flexibility index (Phi) is 3.76. The fraction of sp³-hybridized carbons (Fsp3) is 0.286. The minimum atomic E-state index is -0.782. The SMILES string of the molecule is COc1ccc([C@H]2C(C(C)=O)=C(O)C(=O)N2CO)cc1. The Bertz CT molecular complexity index is 576. The predicted molar refractivity (Wildman–Crippen MR) is 70.0 cm³/mol. The van der Waals surface area contributed by atoms with Gasteiger partial charge in [0.05, 0.1) is 18.7 Å². The highest BCUT2D eigenvalue weighted by atomic mass is 16.5. The molecule has 6 nitrogen and oxygen atoms in total. The summed E-state index contributed by atoms with van der Waals surface area (Å²) in [5, 5.41) is 19.1. The summed E-state index contributed by atoms with van der Waals surface area (Å²) >= 11 is 0. The van der Waals surface area contributed by atoms with Crippen LogP contribution in [0.25, 0.3) is 0 Å². The van der Waals surface area contributed by atoms with Gasteiger partial charge in [0.15, 0.2) is 11.5 Å². The lowest BCUT2D eigenvalue weighted by Crippen LogP contribution is -2.31. The third-order valence-electron chi connectivity index (χ3n) is 3.27. The highest BCUT2D eigenvalue weighted by molar-refractivity contribution is 6.08. The number of hydrogen-bond acceptors (Lipinski definition) is 5. The summed E-state index contributed by atoms with van der Waals surface area (Å²) < 4.78 is 5.04. The molecule has 1 aliphatic rings. The Morgan fingerprint density at radius 3 is 2.40 bits per heavy atom. The molecule has 0 aliphatic carbocycles. The van der Waals surface area contributed by atoms with Crippen LogP contribution in [0, 0.1) is 0 Å². The highest BCUT2D eigenvalue weighted by Gasteiger charge is 2.41. The topological polar surface area (TPSA) is 87.1 Å². The number of ether oxygens (including phenoxy) is 1. The number of nitrogens with zero attached hydrogens (tertiary/aromatic N) is 1. The van der Waals surface area contributed by atoms with Crippen molar-refractivity contribution in [1.29, 1.82) is 0 Å². The lowest BCUT2D eigenvalue weighted by molar-refractivity contribution is -0.133. The number of ketones is 1. The lowest BCUT2D eigenvalue weighted by Gasteiger charge is -2.24. The molecule has 0 saturated heterocycles. The molecule has 2 N–H and O–H groups in total. The van der Waals surface area contributed by atoms with Gasteiger partial charge in [0.1, 0.15) is 12.5 Å². The van der Waals surface area contributed by atoms with Gasteiger partial charge in [-0.25, -0.2) is 0 Å². The number of aliphatic hydroxyl groups excluding tert-OH is 2. The molecule has 20 heavy (non-hydrogen) atoms. The zero-order chi connectivity index (χ0) is 14.9. The van der Waals surface area contributed by atoms with Gasteiger partial charge in [-0.3, -0.25) is 9.59 Å². The van der Waals surface area contributed by atoms with Gasteiger partial charge < -0.3 is 19.8 Å². The number of aliphatic hydroxyl groups is 2. The molecule has 0 aromatic heterocycles. The standard InChI is InChI=1S/C14H15NO5/c1-8(17)11-12(15(7-16)14(19)13(11)18)9-3-5-10(20-2)6-4-9/h3-6,12,16,18H,7H2,1-2H3/t12-/m0/s1. The largest absolute Gasteiger partial charge is 0.503 e. The lowest BCUT2D eigenvalue weighted by atomic mass is 9.97. The van der Waals surface area contributed by atoms with Gasteiger partial charge in [0, 0.05) is 0 Å². The Morgan fingerprint density at radius 1 is 1.35 bits per heavy atom. The summed E-state index contributed by atoms with van der Waals surface area (Å²) in [6, 6.07) is 5.95. The van der Waals surface area contributed by atoms with Crippen molar-refractivity contribution in [2.24, 2.45) is 0 Å². The Hall–Kier alpha value is -2.34. The maximum atomic E-state index is 11.8. The Labute approximate surface area is 115 Å². The third-order valence-corrected chi connectivity index (χ3v) is 3.27. The second-order valence-corrected chi connectivity index (χ2v) is 4.41. The van der Waals surface area contributed by atoms with Gasteiger partial charge in [-0.05, 0) is 24.6 Å². The summed E-state index contributed by atoms with van der Waals surface area (Å²) in [6.45, 7) is 0.687. The monoisotopic (exact) mass is 277 g/mol. The van der Waals surface area contributed by atoms with Gasteiger partial charge in [-0.2, -0.15) is 0 Å². The maximum absolute atomic E-state index is 11.8. The number of rotatable bonds is 4. The summed E-state index contributed by atoms with van der Waals surface area (Å²) in [5.41, 5.74) is 0.608. The number of benzene rings is 1. The van der Waals surface area contributed by atoms with E-state index in [4.69, 9.17) is 4.74 Å². The number of methoxy groups -OCH3 is 1. The van der Waals surface area contributed by atoms with Crippen LogP contribution in [0.2, 0.25) is 0 Å². The summed E-state index contributed by atoms with van der Waals surface area (Å²) in [5.74, 6) is -1.13. The zero-order valence-corrected chi connectivity index (χ0v) is 11.2. The normalized spacial score (nSPS) is 18.6. The van der Waals surface area contributed by atoms with Gasteiger partial charge in [0.2, 0.25) is 0 Å². The first-order chi connectivity index (χ1) is 9.51. The molecule has 0 fully saturated rings. The molecule has 0 saturated carbocycles. The molecule has 1 atom stereocenters. The average molecular weight is 277 g/mol. The van der Waals surface area contributed by atoms with Crippen LogP contribution in [0.15, 0.2) is 35.6 Å². The van der Waals surface area contributed by atoms with E-state index in [1.165, 1.54) is 14.0 Å². The van der Waals surface area contributed by atoms with Crippen molar-refractivity contribution in [3.05, 3.63) is 41.2 Å². The van der Waals surface area contributed by atoms with Gasteiger partial charge in [-0.15, -0.1) is 0 Å².